The van der Waals surface area contributed by atoms with Gasteiger partial charge in [0.25, 0.3) is 0 Å². The van der Waals surface area contributed by atoms with Crippen LogP contribution < -0.4 is 0 Å². The Morgan fingerprint density at radius 3 is 1.38 bits per heavy atom. The van der Waals surface area contributed by atoms with E-state index in [0.29, 0.717) is 19.6 Å². The van der Waals surface area contributed by atoms with Gasteiger partial charge in [-0.1, -0.05) is 0 Å². The average molecular weight is 331 g/mol. The van der Waals surface area contributed by atoms with Crippen molar-refractivity contribution in [1.82, 2.24) is 19.6 Å². The van der Waals surface area contributed by atoms with Gasteiger partial charge in [0.15, 0.2) is 0 Å². The lowest BCUT2D eigenvalue weighted by atomic mass is 10.3. The number of hydrogen-bond donors (Lipinski definition) is 0. The molecule has 0 aromatic heterocycles. The van der Waals surface area contributed by atoms with Crippen LogP contribution in [0.1, 0.15) is 12.8 Å². The summed E-state index contributed by atoms with van der Waals surface area (Å²) >= 11 is 0. The summed E-state index contributed by atoms with van der Waals surface area (Å²) < 4.78 is 0. The van der Waals surface area contributed by atoms with Gasteiger partial charge in [0.2, 0.25) is 0 Å². The highest BCUT2D eigenvalue weighted by Crippen LogP contribution is 2.01. The number of likely N-dealkylation sites (N-methyl/N-ethyl adjacent to an activating group) is 1. The molecule has 7 nitrogen and oxygen atoms in total. The third-order valence-electron chi connectivity index (χ3n) is 4.38. The summed E-state index contributed by atoms with van der Waals surface area (Å²) in [4.78, 5) is 8.80. The van der Waals surface area contributed by atoms with E-state index in [4.69, 9.17) is 15.8 Å². The Morgan fingerprint density at radius 1 is 0.583 bits per heavy atom. The average Bonchev–Trinajstić information content (AvgIpc) is 2.56. The number of rotatable bonds is 3. The van der Waals surface area contributed by atoms with E-state index in [1.54, 1.807) is 0 Å². The van der Waals surface area contributed by atoms with Crippen LogP contribution >= 0.6 is 0 Å². The van der Waals surface area contributed by atoms with Gasteiger partial charge in [0, 0.05) is 45.8 Å². The molecule has 1 aliphatic heterocycles. The normalized spacial score (nSPS) is 21.2. The van der Waals surface area contributed by atoms with Crippen molar-refractivity contribution in [2.24, 2.45) is 0 Å². The van der Waals surface area contributed by atoms with Gasteiger partial charge in [-0.25, -0.2) is 0 Å². The lowest BCUT2D eigenvalue weighted by Gasteiger charge is -2.28. The van der Waals surface area contributed by atoms with E-state index in [2.05, 4.69) is 44.9 Å². The van der Waals surface area contributed by atoms with Crippen molar-refractivity contribution in [1.29, 1.82) is 15.8 Å². The van der Waals surface area contributed by atoms with Gasteiger partial charge in [0.1, 0.15) is 0 Å². The predicted octanol–water partition coefficient (Wildman–Crippen LogP) is 0.189. The summed E-state index contributed by atoms with van der Waals surface area (Å²) in [5, 5.41) is 27.0. The number of nitrogens with zero attached hydrogens (tertiary/aromatic N) is 7. The van der Waals surface area contributed by atoms with Crippen molar-refractivity contribution in [3.05, 3.63) is 0 Å². The third kappa shape index (κ3) is 8.82. The SMILES string of the molecule is CN1CCCN(CC#N)CCN(CC#N)CCCN(CC#N)CC1. The maximum absolute atomic E-state index is 9.01. The lowest BCUT2D eigenvalue weighted by Crippen LogP contribution is -2.40. The van der Waals surface area contributed by atoms with Crippen LogP contribution in [0.25, 0.3) is 0 Å². The van der Waals surface area contributed by atoms with Gasteiger partial charge in [-0.3, -0.25) is 14.7 Å². The molecule has 0 N–H and O–H groups in total. The third-order valence-corrected chi connectivity index (χ3v) is 4.38. The van der Waals surface area contributed by atoms with E-state index >= 15 is 0 Å². The van der Waals surface area contributed by atoms with Gasteiger partial charge in [-0.05, 0) is 26.4 Å². The van der Waals surface area contributed by atoms with Crippen molar-refractivity contribution in [2.45, 2.75) is 12.8 Å². The van der Waals surface area contributed by atoms with Crippen LogP contribution in [0.4, 0.5) is 0 Å². The first-order chi connectivity index (χ1) is 11.7. The minimum atomic E-state index is 0.418. The highest BCUT2D eigenvalue weighted by molar-refractivity contribution is 4.82. The first-order valence-electron chi connectivity index (χ1n) is 8.66. The molecule has 1 aliphatic rings. The van der Waals surface area contributed by atoms with Crippen molar-refractivity contribution in [2.75, 3.05) is 79.0 Å². The summed E-state index contributed by atoms with van der Waals surface area (Å²) in [5.41, 5.74) is 0. The Kier molecular flexibility index (Phi) is 10.8. The second-order valence-electron chi connectivity index (χ2n) is 6.31. The molecule has 0 radical (unpaired) electrons. The van der Waals surface area contributed by atoms with Gasteiger partial charge in [0.05, 0.1) is 37.8 Å². The van der Waals surface area contributed by atoms with Crippen molar-refractivity contribution in [3.63, 3.8) is 0 Å². The zero-order valence-electron chi connectivity index (χ0n) is 14.8. The Labute approximate surface area is 146 Å². The van der Waals surface area contributed by atoms with Crippen LogP contribution in [0.5, 0.6) is 0 Å². The first kappa shape index (κ1) is 20.4. The van der Waals surface area contributed by atoms with Gasteiger partial charge >= 0.3 is 0 Å². The summed E-state index contributed by atoms with van der Waals surface area (Å²) in [5.74, 6) is 0. The molecule has 0 saturated carbocycles. The fourth-order valence-corrected chi connectivity index (χ4v) is 2.90. The van der Waals surface area contributed by atoms with E-state index in [9.17, 15) is 0 Å². The zero-order valence-corrected chi connectivity index (χ0v) is 14.8. The molecule has 0 spiro atoms. The lowest BCUT2D eigenvalue weighted by molar-refractivity contribution is 0.187. The number of hydrogen-bond acceptors (Lipinski definition) is 7. The Hall–Kier alpha value is -1.69. The molecule has 0 aromatic carbocycles. The summed E-state index contributed by atoms with van der Waals surface area (Å²) in [7, 11) is 2.11. The van der Waals surface area contributed by atoms with Crippen molar-refractivity contribution < 1.29 is 0 Å². The van der Waals surface area contributed by atoms with Crippen LogP contribution in [0.3, 0.4) is 0 Å². The molecule has 7 heteroatoms. The molecule has 0 aromatic rings. The van der Waals surface area contributed by atoms with E-state index in [1.165, 1.54) is 0 Å². The smallest absolute Gasteiger partial charge is 0.0866 e. The topological polar surface area (TPSA) is 84.3 Å². The first-order valence-corrected chi connectivity index (χ1v) is 8.66. The van der Waals surface area contributed by atoms with Gasteiger partial charge in [-0.2, -0.15) is 15.8 Å². The predicted molar refractivity (Wildman–Crippen MR) is 92.9 cm³/mol. The molecule has 1 fully saturated rings. The molecular formula is C17H29N7. The molecule has 1 heterocycles. The van der Waals surface area contributed by atoms with Crippen molar-refractivity contribution in [3.8, 4) is 18.2 Å². The molecule has 1 rings (SSSR count). The summed E-state index contributed by atoms with van der Waals surface area (Å²) in [6, 6.07) is 6.72. The van der Waals surface area contributed by atoms with Crippen LogP contribution in [0.15, 0.2) is 0 Å². The minimum absolute atomic E-state index is 0.418. The van der Waals surface area contributed by atoms with Crippen LogP contribution in [-0.2, 0) is 0 Å². The van der Waals surface area contributed by atoms with Gasteiger partial charge in [-0.15, -0.1) is 0 Å². The Morgan fingerprint density at radius 2 is 0.958 bits per heavy atom. The molecule has 0 aliphatic carbocycles. The zero-order chi connectivity index (χ0) is 17.6. The maximum Gasteiger partial charge on any atom is 0.0866 e. The number of nitriles is 3. The molecule has 0 unspecified atom stereocenters. The van der Waals surface area contributed by atoms with E-state index in [-0.39, 0.29) is 0 Å². The molecule has 1 saturated heterocycles. The largest absolute Gasteiger partial charge is 0.305 e. The molecule has 0 amide bonds. The van der Waals surface area contributed by atoms with Crippen LogP contribution in [-0.4, -0.2) is 98.6 Å². The second-order valence-corrected chi connectivity index (χ2v) is 6.31. The van der Waals surface area contributed by atoms with Crippen LogP contribution in [0, 0.1) is 34.0 Å². The monoisotopic (exact) mass is 331 g/mol. The molecule has 132 valence electrons. The highest BCUT2D eigenvalue weighted by Gasteiger charge is 2.12. The van der Waals surface area contributed by atoms with Crippen LogP contribution in [0.2, 0.25) is 0 Å². The van der Waals surface area contributed by atoms with E-state index in [1.807, 2.05) is 0 Å². The maximum atomic E-state index is 9.01. The summed E-state index contributed by atoms with van der Waals surface area (Å²) in [6.07, 6.45) is 1.97. The second kappa shape index (κ2) is 12.7. The standard InChI is InChI=1S/C17H29N7/c1-21-7-2-8-23(12-5-19)16-17-24(13-6-20)10-3-9-22(11-4-18)15-14-21/h2-3,7-17H2,1H3. The quantitative estimate of drug-likeness (QED) is 0.682. The molecule has 0 bridgehead atoms. The van der Waals surface area contributed by atoms with Gasteiger partial charge < -0.3 is 4.90 Å². The Bertz CT molecular complexity index is 459. The van der Waals surface area contributed by atoms with E-state index < -0.39 is 0 Å². The van der Waals surface area contributed by atoms with Crippen molar-refractivity contribution >= 4 is 0 Å². The van der Waals surface area contributed by atoms with E-state index in [0.717, 1.165) is 65.2 Å². The Balaban J connectivity index is 2.65. The minimum Gasteiger partial charge on any atom is -0.305 e. The fraction of sp³-hybridized carbons (Fsp3) is 0.824. The molecular weight excluding hydrogens is 302 g/mol. The summed E-state index contributed by atoms with van der Waals surface area (Å²) in [6.45, 7) is 8.42. The molecule has 24 heavy (non-hydrogen) atoms. The highest BCUT2D eigenvalue weighted by atomic mass is 15.2. The molecule has 0 atom stereocenters. The fourth-order valence-electron chi connectivity index (χ4n) is 2.90.